The number of ether oxygens (including phenoxy) is 3. The summed E-state index contributed by atoms with van der Waals surface area (Å²) in [6.07, 6.45) is 1.60. The number of nitrogens with two attached hydrogens (primary N) is 1. The van der Waals surface area contributed by atoms with Gasteiger partial charge in [0.25, 0.3) is 0 Å². The predicted octanol–water partition coefficient (Wildman–Crippen LogP) is 1.30. The minimum atomic E-state index is -0.475. The fraction of sp³-hybridized carbons (Fsp3) is 0.316. The normalized spacial score (nSPS) is 14.1. The Morgan fingerprint density at radius 3 is 2.69 bits per heavy atom. The van der Waals surface area contributed by atoms with Gasteiger partial charge in [-0.15, -0.1) is 0 Å². The molecule has 29 heavy (non-hydrogen) atoms. The van der Waals surface area contributed by atoms with Crippen molar-refractivity contribution in [2.75, 3.05) is 51.2 Å². The Bertz CT molecular complexity index is 1070. The number of carbonyl (C=O) groups is 1. The van der Waals surface area contributed by atoms with Crippen molar-refractivity contribution in [2.45, 2.75) is 0 Å². The third kappa shape index (κ3) is 3.61. The van der Waals surface area contributed by atoms with E-state index in [1.54, 1.807) is 24.4 Å². The lowest BCUT2D eigenvalue weighted by Crippen LogP contribution is -2.37. The number of benzene rings is 1. The summed E-state index contributed by atoms with van der Waals surface area (Å²) in [7, 11) is 2.81. The van der Waals surface area contributed by atoms with E-state index in [4.69, 9.17) is 24.9 Å². The van der Waals surface area contributed by atoms with Crippen LogP contribution in [-0.2, 0) is 9.47 Å². The smallest absolute Gasteiger partial charge is 0.341 e. The molecule has 0 amide bonds. The number of carbonyl (C=O) groups excluding carboxylic acids is 1. The Balaban J connectivity index is 1.81. The maximum atomic E-state index is 11.9. The summed E-state index contributed by atoms with van der Waals surface area (Å²) in [6.45, 7) is 2.56. The van der Waals surface area contributed by atoms with Crippen LogP contribution in [-0.4, -0.2) is 66.4 Å². The highest BCUT2D eigenvalue weighted by atomic mass is 16.5. The standard InChI is InChI=1S/C19H20N6O4/c1-27-14-9-11(3-4-12(14)18(26)28-2)13-10-21-16-15(22-13)17(24-19(20)23-16)25-5-7-29-8-6-25/h3-4,9-10H,5-8H2,1-2H3,(H2,20,21,23,24). The zero-order chi connectivity index (χ0) is 20.4. The highest BCUT2D eigenvalue weighted by molar-refractivity contribution is 5.93. The summed E-state index contributed by atoms with van der Waals surface area (Å²) < 4.78 is 15.5. The number of hydrogen-bond donors (Lipinski definition) is 1. The molecule has 10 nitrogen and oxygen atoms in total. The van der Waals surface area contributed by atoms with Gasteiger partial charge in [0.05, 0.1) is 39.3 Å². The number of morpholine rings is 1. The highest BCUT2D eigenvalue weighted by Gasteiger charge is 2.20. The molecule has 0 aliphatic carbocycles. The average molecular weight is 396 g/mol. The number of nitrogen functional groups attached to an aromatic ring is 1. The minimum Gasteiger partial charge on any atom is -0.496 e. The quantitative estimate of drug-likeness (QED) is 0.645. The van der Waals surface area contributed by atoms with E-state index in [2.05, 4.69) is 19.9 Å². The number of fused-ring (bicyclic) bond motifs is 1. The van der Waals surface area contributed by atoms with Crippen LogP contribution in [0, 0.1) is 0 Å². The number of nitrogens with zero attached hydrogens (tertiary/aromatic N) is 5. The van der Waals surface area contributed by atoms with Crippen molar-refractivity contribution >= 4 is 28.9 Å². The van der Waals surface area contributed by atoms with Crippen LogP contribution in [0.5, 0.6) is 5.75 Å². The second kappa shape index (κ2) is 7.84. The van der Waals surface area contributed by atoms with E-state index >= 15 is 0 Å². The summed E-state index contributed by atoms with van der Waals surface area (Å²) in [5, 5.41) is 0. The van der Waals surface area contributed by atoms with E-state index in [1.807, 2.05) is 0 Å². The van der Waals surface area contributed by atoms with Gasteiger partial charge in [0, 0.05) is 18.7 Å². The molecule has 10 heteroatoms. The van der Waals surface area contributed by atoms with Crippen LogP contribution in [0.2, 0.25) is 0 Å². The molecular weight excluding hydrogens is 376 g/mol. The molecule has 0 spiro atoms. The van der Waals surface area contributed by atoms with E-state index in [9.17, 15) is 4.79 Å². The molecule has 3 heterocycles. The van der Waals surface area contributed by atoms with Gasteiger partial charge in [-0.2, -0.15) is 9.97 Å². The third-order valence-electron chi connectivity index (χ3n) is 4.62. The van der Waals surface area contributed by atoms with Crippen molar-refractivity contribution in [3.8, 4) is 17.0 Å². The van der Waals surface area contributed by atoms with E-state index in [1.165, 1.54) is 14.2 Å². The first kappa shape index (κ1) is 18.8. The fourth-order valence-electron chi connectivity index (χ4n) is 3.17. The number of rotatable bonds is 4. The van der Waals surface area contributed by atoms with Crippen LogP contribution in [0.15, 0.2) is 24.4 Å². The molecule has 1 fully saturated rings. The lowest BCUT2D eigenvalue weighted by atomic mass is 10.1. The second-order valence-electron chi connectivity index (χ2n) is 6.34. The summed E-state index contributed by atoms with van der Waals surface area (Å²) in [5.74, 6) is 0.683. The van der Waals surface area contributed by atoms with Crippen molar-refractivity contribution in [1.82, 2.24) is 19.9 Å². The summed E-state index contributed by atoms with van der Waals surface area (Å²) in [5.41, 5.74) is 8.49. The fourth-order valence-corrected chi connectivity index (χ4v) is 3.17. The topological polar surface area (TPSA) is 126 Å². The number of esters is 1. The molecule has 0 saturated carbocycles. The largest absolute Gasteiger partial charge is 0.496 e. The van der Waals surface area contributed by atoms with E-state index in [0.717, 1.165) is 5.56 Å². The summed E-state index contributed by atoms with van der Waals surface area (Å²) in [4.78, 5) is 31.7. The molecule has 0 radical (unpaired) electrons. The molecule has 1 aliphatic rings. The van der Waals surface area contributed by atoms with Gasteiger partial charge in [-0.3, -0.25) is 0 Å². The van der Waals surface area contributed by atoms with E-state index in [-0.39, 0.29) is 5.95 Å². The Morgan fingerprint density at radius 1 is 1.17 bits per heavy atom. The van der Waals surface area contributed by atoms with Crippen molar-refractivity contribution in [1.29, 1.82) is 0 Å². The van der Waals surface area contributed by atoms with Gasteiger partial charge in [-0.05, 0) is 12.1 Å². The van der Waals surface area contributed by atoms with Gasteiger partial charge in [-0.1, -0.05) is 6.07 Å². The van der Waals surface area contributed by atoms with Gasteiger partial charge < -0.3 is 24.8 Å². The van der Waals surface area contributed by atoms with Gasteiger partial charge >= 0.3 is 5.97 Å². The first-order chi connectivity index (χ1) is 14.1. The monoisotopic (exact) mass is 396 g/mol. The average Bonchev–Trinajstić information content (AvgIpc) is 2.77. The van der Waals surface area contributed by atoms with Crippen LogP contribution in [0.3, 0.4) is 0 Å². The zero-order valence-corrected chi connectivity index (χ0v) is 16.1. The maximum absolute atomic E-state index is 11.9. The minimum absolute atomic E-state index is 0.144. The van der Waals surface area contributed by atoms with Crippen molar-refractivity contribution < 1.29 is 19.0 Å². The Hall–Kier alpha value is -3.53. The molecule has 2 aromatic heterocycles. The van der Waals surface area contributed by atoms with E-state index < -0.39 is 5.97 Å². The van der Waals surface area contributed by atoms with E-state index in [0.29, 0.717) is 60.3 Å². The summed E-state index contributed by atoms with van der Waals surface area (Å²) >= 11 is 0. The van der Waals surface area contributed by atoms with Crippen LogP contribution in [0.4, 0.5) is 11.8 Å². The molecule has 0 unspecified atom stereocenters. The molecule has 0 atom stereocenters. The SMILES string of the molecule is COC(=O)c1ccc(-c2cnc3nc(N)nc(N4CCOCC4)c3n2)cc1OC. The lowest BCUT2D eigenvalue weighted by Gasteiger charge is -2.28. The number of anilines is 2. The number of methoxy groups -OCH3 is 2. The van der Waals surface area contributed by atoms with Crippen LogP contribution in [0.25, 0.3) is 22.4 Å². The van der Waals surface area contributed by atoms with Gasteiger partial charge in [0.1, 0.15) is 11.3 Å². The van der Waals surface area contributed by atoms with Crippen LogP contribution < -0.4 is 15.4 Å². The van der Waals surface area contributed by atoms with Gasteiger partial charge in [-0.25, -0.2) is 14.8 Å². The molecule has 1 aliphatic heterocycles. The second-order valence-corrected chi connectivity index (χ2v) is 6.34. The molecule has 0 bridgehead atoms. The first-order valence-electron chi connectivity index (χ1n) is 9.00. The molecule has 2 N–H and O–H groups in total. The zero-order valence-electron chi connectivity index (χ0n) is 16.1. The van der Waals surface area contributed by atoms with Crippen LogP contribution >= 0.6 is 0 Å². The first-order valence-corrected chi connectivity index (χ1v) is 9.00. The molecule has 1 aromatic carbocycles. The van der Waals surface area contributed by atoms with Crippen molar-refractivity contribution in [3.63, 3.8) is 0 Å². The van der Waals surface area contributed by atoms with Gasteiger partial charge in [0.15, 0.2) is 17.0 Å². The molecule has 150 valence electrons. The van der Waals surface area contributed by atoms with Crippen LogP contribution in [0.1, 0.15) is 10.4 Å². The number of aromatic nitrogens is 4. The maximum Gasteiger partial charge on any atom is 0.341 e. The predicted molar refractivity (Wildman–Crippen MR) is 106 cm³/mol. The Morgan fingerprint density at radius 2 is 1.97 bits per heavy atom. The highest BCUT2D eigenvalue weighted by Crippen LogP contribution is 2.29. The molecular formula is C19H20N6O4. The lowest BCUT2D eigenvalue weighted by molar-refractivity contribution is 0.0597. The van der Waals surface area contributed by atoms with Crippen molar-refractivity contribution in [2.24, 2.45) is 0 Å². The van der Waals surface area contributed by atoms with Gasteiger partial charge in [0.2, 0.25) is 5.95 Å². The molecule has 1 saturated heterocycles. The van der Waals surface area contributed by atoms with Crippen molar-refractivity contribution in [3.05, 3.63) is 30.0 Å². The molecule has 3 aromatic rings. The summed E-state index contributed by atoms with van der Waals surface area (Å²) in [6, 6.07) is 5.11. The Kier molecular flexibility index (Phi) is 5.09. The third-order valence-corrected chi connectivity index (χ3v) is 4.62. The Labute approximate surface area is 166 Å². The molecule has 4 rings (SSSR count). The number of hydrogen-bond acceptors (Lipinski definition) is 10.